The zero-order valence-electron chi connectivity index (χ0n) is 12.1. The lowest BCUT2D eigenvalue weighted by Gasteiger charge is -2.22. The van der Waals surface area contributed by atoms with Gasteiger partial charge in [-0.05, 0) is 36.8 Å². The standard InChI is InChI=1S/C16H18N4O/c1-12(13-5-7-17-8-6-13)19-15(14-4-3-11-21-14)16-18-9-10-20(16)2/h3-12,15,19H,1-2H3/t12-,15?/m0/s1. The Kier molecular flexibility index (Phi) is 3.83. The molecule has 0 spiro atoms. The van der Waals surface area contributed by atoms with E-state index in [1.165, 1.54) is 5.56 Å². The average Bonchev–Trinajstić information content (AvgIpc) is 3.17. The van der Waals surface area contributed by atoms with Gasteiger partial charge in [-0.25, -0.2) is 4.98 Å². The number of aromatic nitrogens is 3. The van der Waals surface area contributed by atoms with Gasteiger partial charge in [-0.1, -0.05) is 0 Å². The number of imidazole rings is 1. The van der Waals surface area contributed by atoms with Gasteiger partial charge < -0.3 is 8.98 Å². The Morgan fingerprint density at radius 2 is 2.00 bits per heavy atom. The molecule has 0 fully saturated rings. The summed E-state index contributed by atoms with van der Waals surface area (Å²) in [5.74, 6) is 1.77. The number of nitrogens with zero attached hydrogens (tertiary/aromatic N) is 3. The molecule has 5 nitrogen and oxygen atoms in total. The Balaban J connectivity index is 1.89. The molecular weight excluding hydrogens is 264 g/mol. The number of rotatable bonds is 5. The van der Waals surface area contributed by atoms with Crippen LogP contribution in [0.15, 0.2) is 59.7 Å². The molecule has 108 valence electrons. The van der Waals surface area contributed by atoms with Crippen LogP contribution in [0.1, 0.15) is 36.2 Å². The second kappa shape index (κ2) is 5.93. The van der Waals surface area contributed by atoms with Crippen LogP contribution >= 0.6 is 0 Å². The van der Waals surface area contributed by atoms with Crippen LogP contribution in [0, 0.1) is 0 Å². The Morgan fingerprint density at radius 1 is 1.19 bits per heavy atom. The van der Waals surface area contributed by atoms with Crippen molar-refractivity contribution in [3.8, 4) is 0 Å². The fourth-order valence-electron chi connectivity index (χ4n) is 2.39. The van der Waals surface area contributed by atoms with E-state index in [-0.39, 0.29) is 12.1 Å². The van der Waals surface area contributed by atoms with Crippen molar-refractivity contribution >= 4 is 0 Å². The molecule has 0 aliphatic carbocycles. The monoisotopic (exact) mass is 282 g/mol. The summed E-state index contributed by atoms with van der Waals surface area (Å²) in [5, 5.41) is 3.57. The molecule has 0 amide bonds. The molecule has 1 N–H and O–H groups in total. The smallest absolute Gasteiger partial charge is 0.133 e. The van der Waals surface area contributed by atoms with Gasteiger partial charge in [0, 0.05) is 37.9 Å². The lowest BCUT2D eigenvalue weighted by Crippen LogP contribution is -2.27. The zero-order valence-corrected chi connectivity index (χ0v) is 12.1. The number of hydrogen-bond acceptors (Lipinski definition) is 4. The number of hydrogen-bond donors (Lipinski definition) is 1. The molecule has 1 unspecified atom stereocenters. The van der Waals surface area contributed by atoms with E-state index in [2.05, 4.69) is 22.2 Å². The van der Waals surface area contributed by atoms with Crippen LogP contribution in [-0.2, 0) is 7.05 Å². The molecular formula is C16H18N4O. The minimum absolute atomic E-state index is 0.0943. The van der Waals surface area contributed by atoms with Crippen molar-refractivity contribution in [2.45, 2.75) is 19.0 Å². The summed E-state index contributed by atoms with van der Waals surface area (Å²) >= 11 is 0. The average molecular weight is 282 g/mol. The van der Waals surface area contributed by atoms with Crippen LogP contribution in [0.2, 0.25) is 0 Å². The van der Waals surface area contributed by atoms with Crippen LogP contribution in [0.4, 0.5) is 0 Å². The Morgan fingerprint density at radius 3 is 2.62 bits per heavy atom. The first-order valence-electron chi connectivity index (χ1n) is 6.92. The van der Waals surface area contributed by atoms with Gasteiger partial charge in [0.25, 0.3) is 0 Å². The van der Waals surface area contributed by atoms with Crippen molar-refractivity contribution in [2.75, 3.05) is 0 Å². The number of aryl methyl sites for hydroxylation is 1. The molecule has 0 saturated heterocycles. The topological polar surface area (TPSA) is 55.9 Å². The highest BCUT2D eigenvalue weighted by molar-refractivity contribution is 5.19. The van der Waals surface area contributed by atoms with Crippen molar-refractivity contribution in [3.63, 3.8) is 0 Å². The van der Waals surface area contributed by atoms with Crippen LogP contribution in [0.5, 0.6) is 0 Å². The number of pyridine rings is 1. The molecule has 3 aromatic rings. The molecule has 3 heterocycles. The lowest BCUT2D eigenvalue weighted by molar-refractivity contribution is 0.403. The van der Waals surface area contributed by atoms with Crippen LogP contribution in [0.25, 0.3) is 0 Å². The van der Waals surface area contributed by atoms with Gasteiger partial charge in [0.2, 0.25) is 0 Å². The Bertz CT molecular complexity index is 675. The molecule has 0 aliphatic rings. The first-order chi connectivity index (χ1) is 10.3. The second-order valence-corrected chi connectivity index (χ2v) is 5.01. The fraction of sp³-hybridized carbons (Fsp3) is 0.250. The van der Waals surface area contributed by atoms with Crippen molar-refractivity contribution in [1.82, 2.24) is 19.9 Å². The third-order valence-corrected chi connectivity index (χ3v) is 3.57. The molecule has 0 aromatic carbocycles. The highest BCUT2D eigenvalue weighted by atomic mass is 16.3. The van der Waals surface area contributed by atoms with Gasteiger partial charge in [-0.15, -0.1) is 0 Å². The molecule has 0 bridgehead atoms. The summed E-state index contributed by atoms with van der Waals surface area (Å²) in [7, 11) is 1.98. The van der Waals surface area contributed by atoms with Gasteiger partial charge in [0.1, 0.15) is 17.6 Å². The van der Waals surface area contributed by atoms with Gasteiger partial charge in [-0.2, -0.15) is 0 Å². The van der Waals surface area contributed by atoms with E-state index in [1.54, 1.807) is 24.9 Å². The normalized spacial score (nSPS) is 14.0. The SMILES string of the molecule is C[C@H](NC(c1ccco1)c1nccn1C)c1ccncc1. The second-order valence-electron chi connectivity index (χ2n) is 5.01. The predicted molar refractivity (Wildman–Crippen MR) is 79.5 cm³/mol. The van der Waals surface area contributed by atoms with Crippen molar-refractivity contribution in [2.24, 2.45) is 7.05 Å². The number of nitrogens with one attached hydrogen (secondary N) is 1. The summed E-state index contributed by atoms with van der Waals surface area (Å²) in [6.07, 6.45) is 9.02. The van der Waals surface area contributed by atoms with E-state index in [1.807, 2.05) is 42.1 Å². The summed E-state index contributed by atoms with van der Waals surface area (Å²) in [6, 6.07) is 7.93. The summed E-state index contributed by atoms with van der Waals surface area (Å²) in [6.45, 7) is 2.12. The Hall–Kier alpha value is -2.40. The third-order valence-electron chi connectivity index (χ3n) is 3.57. The lowest BCUT2D eigenvalue weighted by atomic mass is 10.1. The highest BCUT2D eigenvalue weighted by Crippen LogP contribution is 2.24. The summed E-state index contributed by atoms with van der Waals surface area (Å²) in [4.78, 5) is 8.51. The van der Waals surface area contributed by atoms with E-state index in [4.69, 9.17) is 4.42 Å². The van der Waals surface area contributed by atoms with Gasteiger partial charge in [-0.3, -0.25) is 10.3 Å². The largest absolute Gasteiger partial charge is 0.467 e. The highest BCUT2D eigenvalue weighted by Gasteiger charge is 2.23. The maximum Gasteiger partial charge on any atom is 0.133 e. The maximum atomic E-state index is 5.58. The van der Waals surface area contributed by atoms with Crippen LogP contribution in [0.3, 0.4) is 0 Å². The van der Waals surface area contributed by atoms with Crippen molar-refractivity contribution < 1.29 is 4.42 Å². The van der Waals surface area contributed by atoms with Gasteiger partial charge >= 0.3 is 0 Å². The molecule has 3 rings (SSSR count). The minimum atomic E-state index is -0.0943. The van der Waals surface area contributed by atoms with E-state index in [0.29, 0.717) is 0 Å². The van der Waals surface area contributed by atoms with Crippen LogP contribution in [-0.4, -0.2) is 14.5 Å². The van der Waals surface area contributed by atoms with E-state index in [9.17, 15) is 0 Å². The zero-order chi connectivity index (χ0) is 14.7. The van der Waals surface area contributed by atoms with E-state index < -0.39 is 0 Å². The minimum Gasteiger partial charge on any atom is -0.467 e. The Labute approximate surface area is 123 Å². The maximum absolute atomic E-state index is 5.58. The fourth-order valence-corrected chi connectivity index (χ4v) is 2.39. The predicted octanol–water partition coefficient (Wildman–Crippen LogP) is 2.85. The molecule has 0 aliphatic heterocycles. The first-order valence-corrected chi connectivity index (χ1v) is 6.92. The van der Waals surface area contributed by atoms with E-state index in [0.717, 1.165) is 11.6 Å². The number of furan rings is 1. The molecule has 5 heteroatoms. The molecule has 21 heavy (non-hydrogen) atoms. The van der Waals surface area contributed by atoms with E-state index >= 15 is 0 Å². The molecule has 0 radical (unpaired) electrons. The van der Waals surface area contributed by atoms with Crippen molar-refractivity contribution in [3.05, 3.63) is 72.5 Å². The van der Waals surface area contributed by atoms with Crippen molar-refractivity contribution in [1.29, 1.82) is 0 Å². The van der Waals surface area contributed by atoms with Gasteiger partial charge in [0.15, 0.2) is 0 Å². The first kappa shape index (κ1) is 13.6. The van der Waals surface area contributed by atoms with Gasteiger partial charge in [0.05, 0.1) is 6.26 Å². The molecule has 0 saturated carbocycles. The molecule has 2 atom stereocenters. The summed E-state index contributed by atoms with van der Waals surface area (Å²) < 4.78 is 7.58. The van der Waals surface area contributed by atoms with Crippen LogP contribution < -0.4 is 5.32 Å². The summed E-state index contributed by atoms with van der Waals surface area (Å²) in [5.41, 5.74) is 1.18. The third kappa shape index (κ3) is 2.87. The quantitative estimate of drug-likeness (QED) is 0.782. The molecule has 3 aromatic heterocycles.